The Bertz CT molecular complexity index is 1280. The van der Waals surface area contributed by atoms with Crippen LogP contribution in [0.25, 0.3) is 16.6 Å². The van der Waals surface area contributed by atoms with Crippen LogP contribution < -0.4 is 10.2 Å². The molecule has 170 valence electrons. The van der Waals surface area contributed by atoms with Gasteiger partial charge in [-0.1, -0.05) is 31.5 Å². The number of rotatable bonds is 6. The van der Waals surface area contributed by atoms with Gasteiger partial charge in [-0.2, -0.15) is 0 Å². The fourth-order valence-electron chi connectivity index (χ4n) is 4.61. The molecule has 1 aromatic carbocycles. The van der Waals surface area contributed by atoms with Crippen molar-refractivity contribution in [2.24, 2.45) is 5.92 Å². The number of hydrogen-bond donors (Lipinski definition) is 2. The summed E-state index contributed by atoms with van der Waals surface area (Å²) in [6.45, 7) is 3.60. The minimum Gasteiger partial charge on any atom is -0.506 e. The Balaban J connectivity index is 1.26. The normalized spacial score (nSPS) is 15.7. The van der Waals surface area contributed by atoms with Gasteiger partial charge in [0.25, 0.3) is 0 Å². The predicted octanol–water partition coefficient (Wildman–Crippen LogP) is 3.86. The van der Waals surface area contributed by atoms with Crippen LogP contribution in [0.15, 0.2) is 54.7 Å². The molecule has 8 nitrogen and oxygen atoms in total. The van der Waals surface area contributed by atoms with Crippen LogP contribution in [0.3, 0.4) is 0 Å². The maximum Gasteiger partial charge on any atom is 0.223 e. The molecule has 1 aliphatic heterocycles. The largest absolute Gasteiger partial charge is 0.506 e. The summed E-state index contributed by atoms with van der Waals surface area (Å²) in [4.78, 5) is 20.0. The van der Waals surface area contributed by atoms with Crippen molar-refractivity contribution in [1.82, 2.24) is 24.9 Å². The topological polar surface area (TPSA) is 95.7 Å². The highest BCUT2D eigenvalue weighted by atomic mass is 16.3. The quantitative estimate of drug-likeness (QED) is 0.469. The van der Waals surface area contributed by atoms with E-state index in [9.17, 15) is 9.90 Å². The van der Waals surface area contributed by atoms with Gasteiger partial charge in [0.15, 0.2) is 11.5 Å². The number of hydrogen-bond acceptors (Lipinski definition) is 6. The Hall–Kier alpha value is -3.68. The van der Waals surface area contributed by atoms with Crippen molar-refractivity contribution in [2.75, 3.05) is 18.0 Å². The third kappa shape index (κ3) is 4.20. The average Bonchev–Trinajstić information content (AvgIpc) is 3.28. The van der Waals surface area contributed by atoms with E-state index in [-0.39, 0.29) is 23.6 Å². The van der Waals surface area contributed by atoms with Crippen molar-refractivity contribution in [2.45, 2.75) is 38.6 Å². The molecule has 1 fully saturated rings. The maximum absolute atomic E-state index is 13.1. The first-order valence-corrected chi connectivity index (χ1v) is 11.6. The molecule has 8 heteroatoms. The lowest BCUT2D eigenvalue weighted by Gasteiger charge is -2.33. The van der Waals surface area contributed by atoms with E-state index in [1.54, 1.807) is 6.07 Å². The molecule has 1 aliphatic rings. The molecule has 33 heavy (non-hydrogen) atoms. The maximum atomic E-state index is 13.1. The summed E-state index contributed by atoms with van der Waals surface area (Å²) < 4.78 is 1.95. The molecule has 1 atom stereocenters. The van der Waals surface area contributed by atoms with Gasteiger partial charge in [0.1, 0.15) is 17.1 Å². The van der Waals surface area contributed by atoms with Gasteiger partial charge in [0.2, 0.25) is 5.91 Å². The third-order valence-electron chi connectivity index (χ3n) is 6.42. The number of carbonyl (C=O) groups is 1. The van der Waals surface area contributed by atoms with Gasteiger partial charge in [-0.25, -0.2) is 4.98 Å². The lowest BCUT2D eigenvalue weighted by Crippen LogP contribution is -2.42. The first kappa shape index (κ1) is 21.2. The molecule has 1 amide bonds. The molecule has 0 bridgehead atoms. The van der Waals surface area contributed by atoms with Crippen LogP contribution in [0.2, 0.25) is 0 Å². The van der Waals surface area contributed by atoms with Crippen LogP contribution >= 0.6 is 0 Å². The van der Waals surface area contributed by atoms with E-state index in [4.69, 9.17) is 0 Å². The number of benzene rings is 1. The summed E-state index contributed by atoms with van der Waals surface area (Å²) in [6.07, 6.45) is 5.19. The summed E-state index contributed by atoms with van der Waals surface area (Å²) in [7, 11) is 0. The summed E-state index contributed by atoms with van der Waals surface area (Å²) in [5.74, 6) is 1.82. The summed E-state index contributed by atoms with van der Waals surface area (Å²) in [6, 6.07) is 15.0. The molecule has 1 unspecified atom stereocenters. The Morgan fingerprint density at radius 3 is 2.79 bits per heavy atom. The van der Waals surface area contributed by atoms with Crippen molar-refractivity contribution < 1.29 is 9.90 Å². The first-order chi connectivity index (χ1) is 16.1. The second-order valence-corrected chi connectivity index (χ2v) is 8.62. The van der Waals surface area contributed by atoms with Gasteiger partial charge >= 0.3 is 0 Å². The highest BCUT2D eigenvalue weighted by molar-refractivity contribution is 5.85. The molecule has 0 aliphatic carbocycles. The zero-order valence-corrected chi connectivity index (χ0v) is 18.7. The number of carbonyl (C=O) groups excluding carboxylic acids is 1. The Labute approximate surface area is 192 Å². The third-order valence-corrected chi connectivity index (χ3v) is 6.42. The van der Waals surface area contributed by atoms with Gasteiger partial charge in [0.05, 0.1) is 6.04 Å². The minimum atomic E-state index is -0.164. The number of nitrogens with one attached hydrogen (secondary N) is 1. The van der Waals surface area contributed by atoms with E-state index in [0.29, 0.717) is 5.52 Å². The van der Waals surface area contributed by atoms with E-state index in [1.807, 2.05) is 53.1 Å². The van der Waals surface area contributed by atoms with Gasteiger partial charge in [-0.05, 0) is 49.6 Å². The van der Waals surface area contributed by atoms with Crippen LogP contribution in [-0.2, 0) is 4.79 Å². The molecule has 0 saturated carbocycles. The molecule has 4 aromatic rings. The molecule has 0 spiro atoms. The molecule has 2 N–H and O–H groups in total. The second kappa shape index (κ2) is 9.05. The smallest absolute Gasteiger partial charge is 0.223 e. The van der Waals surface area contributed by atoms with Gasteiger partial charge < -0.3 is 15.3 Å². The van der Waals surface area contributed by atoms with Crippen molar-refractivity contribution in [1.29, 1.82) is 0 Å². The van der Waals surface area contributed by atoms with Crippen molar-refractivity contribution in [3.8, 4) is 5.75 Å². The molecular formula is C25H28N6O2. The van der Waals surface area contributed by atoms with E-state index >= 15 is 0 Å². The standard InChI is InChI=1S/C25H28N6O2/c1-2-6-19(24-29-28-22-9-3-4-14-31(22)24)26-25(33)18-12-15-30(16-13-18)21-11-10-17-7-5-8-20(32)23(17)27-21/h3-5,7-11,14,18-19,32H,2,6,12-13,15-16H2,1H3,(H,26,33). The fourth-order valence-corrected chi connectivity index (χ4v) is 4.61. The molecule has 3 aromatic heterocycles. The lowest BCUT2D eigenvalue weighted by molar-refractivity contribution is -0.126. The van der Waals surface area contributed by atoms with Crippen molar-refractivity contribution in [3.63, 3.8) is 0 Å². The number of phenols is 1. The molecule has 0 radical (unpaired) electrons. The van der Waals surface area contributed by atoms with E-state index in [0.717, 1.165) is 61.4 Å². The molecule has 4 heterocycles. The van der Waals surface area contributed by atoms with E-state index < -0.39 is 0 Å². The van der Waals surface area contributed by atoms with Crippen LogP contribution in [0.1, 0.15) is 44.5 Å². The second-order valence-electron chi connectivity index (χ2n) is 8.62. The number of pyridine rings is 2. The fraction of sp³-hybridized carbons (Fsp3) is 0.360. The zero-order valence-electron chi connectivity index (χ0n) is 18.7. The number of aromatic nitrogens is 4. The lowest BCUT2D eigenvalue weighted by atomic mass is 9.95. The summed E-state index contributed by atoms with van der Waals surface area (Å²) in [5.41, 5.74) is 1.39. The van der Waals surface area contributed by atoms with Gasteiger partial charge in [-0.15, -0.1) is 10.2 Å². The number of anilines is 1. The average molecular weight is 445 g/mol. The highest BCUT2D eigenvalue weighted by Gasteiger charge is 2.28. The Morgan fingerprint density at radius 2 is 1.97 bits per heavy atom. The van der Waals surface area contributed by atoms with E-state index in [1.165, 1.54) is 0 Å². The summed E-state index contributed by atoms with van der Waals surface area (Å²) in [5, 5.41) is 22.9. The number of para-hydroxylation sites is 1. The Kier molecular flexibility index (Phi) is 5.81. The number of nitrogens with zero attached hydrogens (tertiary/aromatic N) is 5. The predicted molar refractivity (Wildman–Crippen MR) is 127 cm³/mol. The number of amides is 1. The van der Waals surface area contributed by atoms with Crippen LogP contribution in [0.4, 0.5) is 5.82 Å². The number of piperidine rings is 1. The van der Waals surface area contributed by atoms with Crippen LogP contribution in [-0.4, -0.2) is 43.7 Å². The number of phenolic OH excluding ortho intramolecular Hbond substituents is 1. The van der Waals surface area contributed by atoms with Gasteiger partial charge in [0, 0.05) is 30.6 Å². The van der Waals surface area contributed by atoms with Crippen LogP contribution in [0, 0.1) is 5.92 Å². The molecule has 1 saturated heterocycles. The highest BCUT2D eigenvalue weighted by Crippen LogP contribution is 2.28. The monoisotopic (exact) mass is 444 g/mol. The summed E-state index contributed by atoms with van der Waals surface area (Å²) >= 11 is 0. The number of aromatic hydroxyl groups is 1. The molecule has 5 rings (SSSR count). The van der Waals surface area contributed by atoms with Crippen molar-refractivity contribution in [3.05, 3.63) is 60.6 Å². The van der Waals surface area contributed by atoms with E-state index in [2.05, 4.69) is 32.3 Å². The Morgan fingerprint density at radius 1 is 1.12 bits per heavy atom. The zero-order chi connectivity index (χ0) is 22.8. The SMILES string of the molecule is CCCC(NC(=O)C1CCN(c2ccc3cccc(O)c3n2)CC1)c1nnc2ccccn12. The first-order valence-electron chi connectivity index (χ1n) is 11.6. The van der Waals surface area contributed by atoms with Crippen LogP contribution in [0.5, 0.6) is 5.75 Å². The van der Waals surface area contributed by atoms with Crippen molar-refractivity contribution >= 4 is 28.3 Å². The molecular weight excluding hydrogens is 416 g/mol. The van der Waals surface area contributed by atoms with Gasteiger partial charge in [-0.3, -0.25) is 9.20 Å². The number of fused-ring (bicyclic) bond motifs is 2. The minimum absolute atomic E-state index is 0.0475.